The molecule has 1 aromatic carbocycles. The number of nitrogens with zero attached hydrogens (tertiary/aromatic N) is 1. The van der Waals surface area contributed by atoms with Crippen molar-refractivity contribution in [1.29, 1.82) is 0 Å². The smallest absolute Gasteiger partial charge is 0.223 e. The molecule has 25 heavy (non-hydrogen) atoms. The van der Waals surface area contributed by atoms with Gasteiger partial charge in [0.1, 0.15) is 17.3 Å². The largest absolute Gasteiger partial charge is 0.464 e. The Morgan fingerprint density at radius 2 is 2.12 bits per heavy atom. The van der Waals surface area contributed by atoms with E-state index in [4.69, 9.17) is 4.42 Å². The van der Waals surface area contributed by atoms with Crippen LogP contribution in [0.15, 0.2) is 40.8 Å². The third kappa shape index (κ3) is 4.50. The molecule has 0 saturated carbocycles. The first kappa shape index (κ1) is 17.7. The lowest BCUT2D eigenvalue weighted by Crippen LogP contribution is -2.34. The summed E-state index contributed by atoms with van der Waals surface area (Å²) >= 11 is 0. The molecular formula is C21H26FNO2. The lowest BCUT2D eigenvalue weighted by molar-refractivity contribution is -0.134. The van der Waals surface area contributed by atoms with Gasteiger partial charge in [-0.25, -0.2) is 4.39 Å². The maximum absolute atomic E-state index is 13.3. The zero-order chi connectivity index (χ0) is 17.6. The van der Waals surface area contributed by atoms with Gasteiger partial charge >= 0.3 is 0 Å². The predicted octanol–water partition coefficient (Wildman–Crippen LogP) is 5.06. The van der Waals surface area contributed by atoms with Crippen LogP contribution in [0.4, 0.5) is 4.39 Å². The van der Waals surface area contributed by atoms with Gasteiger partial charge in [0.25, 0.3) is 0 Å². The van der Waals surface area contributed by atoms with Gasteiger partial charge in [-0.3, -0.25) is 4.79 Å². The number of carbonyl (C=O) groups excluding carboxylic acids is 1. The van der Waals surface area contributed by atoms with Crippen molar-refractivity contribution in [2.75, 3.05) is 6.54 Å². The molecule has 3 nitrogen and oxygen atoms in total. The molecule has 1 amide bonds. The predicted molar refractivity (Wildman–Crippen MR) is 95.7 cm³/mol. The summed E-state index contributed by atoms with van der Waals surface area (Å²) in [5, 5.41) is 0. The molecule has 134 valence electrons. The highest BCUT2D eigenvalue weighted by atomic mass is 19.1. The van der Waals surface area contributed by atoms with Gasteiger partial charge in [-0.15, -0.1) is 0 Å². The number of rotatable bonds is 5. The summed E-state index contributed by atoms with van der Waals surface area (Å²) in [7, 11) is 0. The number of aryl methyl sites for hydroxylation is 2. The van der Waals surface area contributed by atoms with Crippen LogP contribution in [0, 0.1) is 5.82 Å². The van der Waals surface area contributed by atoms with E-state index in [2.05, 4.69) is 6.92 Å². The highest BCUT2D eigenvalue weighted by Crippen LogP contribution is 2.32. The Morgan fingerprint density at radius 3 is 2.88 bits per heavy atom. The summed E-state index contributed by atoms with van der Waals surface area (Å²) in [5.41, 5.74) is 0.867. The van der Waals surface area contributed by atoms with Gasteiger partial charge in [-0.05, 0) is 49.1 Å². The Morgan fingerprint density at radius 1 is 1.24 bits per heavy atom. The molecule has 0 aliphatic carbocycles. The second kappa shape index (κ2) is 8.32. The van der Waals surface area contributed by atoms with Crippen LogP contribution >= 0.6 is 0 Å². The van der Waals surface area contributed by atoms with E-state index in [1.807, 2.05) is 23.1 Å². The molecule has 1 atom stereocenters. The maximum atomic E-state index is 13.3. The number of benzene rings is 1. The van der Waals surface area contributed by atoms with Crippen LogP contribution in [0.1, 0.15) is 62.2 Å². The molecule has 4 heteroatoms. The summed E-state index contributed by atoms with van der Waals surface area (Å²) in [6, 6.07) is 10.6. The van der Waals surface area contributed by atoms with Crippen molar-refractivity contribution in [3.63, 3.8) is 0 Å². The quantitative estimate of drug-likeness (QED) is 0.760. The van der Waals surface area contributed by atoms with Crippen LogP contribution in [0.3, 0.4) is 0 Å². The first-order valence-electron chi connectivity index (χ1n) is 9.30. The minimum atomic E-state index is -0.250. The zero-order valence-electron chi connectivity index (χ0n) is 14.8. The van der Waals surface area contributed by atoms with E-state index in [0.717, 1.165) is 55.7 Å². The molecule has 1 unspecified atom stereocenters. The number of amides is 1. The third-order valence-corrected chi connectivity index (χ3v) is 4.95. The summed E-state index contributed by atoms with van der Waals surface area (Å²) in [4.78, 5) is 14.8. The summed E-state index contributed by atoms with van der Waals surface area (Å²) in [6.07, 6.45) is 6.07. The number of likely N-dealkylation sites (tertiary alicyclic amines) is 1. The average molecular weight is 343 g/mol. The van der Waals surface area contributed by atoms with Gasteiger partial charge in [0.05, 0.1) is 6.04 Å². The lowest BCUT2D eigenvalue weighted by Gasteiger charge is -2.29. The number of hydrogen-bond acceptors (Lipinski definition) is 2. The van der Waals surface area contributed by atoms with E-state index in [1.54, 1.807) is 6.07 Å². The fraction of sp³-hybridized carbons (Fsp3) is 0.476. The van der Waals surface area contributed by atoms with Crippen molar-refractivity contribution in [3.8, 4) is 0 Å². The van der Waals surface area contributed by atoms with Crippen molar-refractivity contribution in [3.05, 3.63) is 59.3 Å². The van der Waals surface area contributed by atoms with Crippen molar-refractivity contribution in [2.45, 2.75) is 57.9 Å². The van der Waals surface area contributed by atoms with Gasteiger partial charge in [0.15, 0.2) is 0 Å². The minimum Gasteiger partial charge on any atom is -0.464 e. The minimum absolute atomic E-state index is 0.0304. The van der Waals surface area contributed by atoms with Crippen molar-refractivity contribution in [2.24, 2.45) is 0 Å². The fourth-order valence-corrected chi connectivity index (χ4v) is 3.55. The fourth-order valence-electron chi connectivity index (χ4n) is 3.55. The first-order chi connectivity index (χ1) is 12.2. The molecular weight excluding hydrogens is 317 g/mol. The Kier molecular flexibility index (Phi) is 5.90. The SMILES string of the molecule is CCc1ccc(C2CCCCCN2C(=O)CCc2cccc(F)c2)o1. The topological polar surface area (TPSA) is 33.5 Å². The van der Waals surface area contributed by atoms with Crippen LogP contribution < -0.4 is 0 Å². The van der Waals surface area contributed by atoms with Crippen LogP contribution in [-0.4, -0.2) is 17.4 Å². The summed E-state index contributed by atoms with van der Waals surface area (Å²) < 4.78 is 19.3. The highest BCUT2D eigenvalue weighted by molar-refractivity contribution is 5.77. The van der Waals surface area contributed by atoms with E-state index in [-0.39, 0.29) is 17.8 Å². The van der Waals surface area contributed by atoms with E-state index < -0.39 is 0 Å². The average Bonchev–Trinajstić information content (AvgIpc) is 2.96. The zero-order valence-corrected chi connectivity index (χ0v) is 14.8. The number of furan rings is 1. The Bertz CT molecular complexity index is 709. The molecule has 1 fully saturated rings. The molecule has 2 aromatic rings. The van der Waals surface area contributed by atoms with Gasteiger partial charge < -0.3 is 9.32 Å². The molecule has 0 bridgehead atoms. The van der Waals surface area contributed by atoms with Gasteiger partial charge in [-0.2, -0.15) is 0 Å². The Labute approximate surface area is 148 Å². The monoisotopic (exact) mass is 343 g/mol. The standard InChI is InChI=1S/C21H26FNO2/c1-2-18-11-12-20(25-18)19-9-4-3-5-14-23(19)21(24)13-10-16-7-6-8-17(22)15-16/h6-8,11-12,15,19H,2-5,9-10,13-14H2,1H3. The third-order valence-electron chi connectivity index (χ3n) is 4.95. The number of carbonyl (C=O) groups is 1. The Balaban J connectivity index is 1.70. The summed E-state index contributed by atoms with van der Waals surface area (Å²) in [6.45, 7) is 2.84. The van der Waals surface area contributed by atoms with Gasteiger partial charge in [0.2, 0.25) is 5.91 Å². The van der Waals surface area contributed by atoms with Crippen molar-refractivity contribution >= 4 is 5.91 Å². The number of hydrogen-bond donors (Lipinski definition) is 0. The molecule has 1 aliphatic heterocycles. The van der Waals surface area contributed by atoms with Gasteiger partial charge in [0, 0.05) is 19.4 Å². The molecule has 1 saturated heterocycles. The lowest BCUT2D eigenvalue weighted by atomic mass is 10.1. The van der Waals surface area contributed by atoms with Crippen molar-refractivity contribution < 1.29 is 13.6 Å². The molecule has 2 heterocycles. The Hall–Kier alpha value is -2.10. The van der Waals surface area contributed by atoms with Crippen LogP contribution in [-0.2, 0) is 17.6 Å². The number of halogens is 1. The van der Waals surface area contributed by atoms with E-state index in [0.29, 0.717) is 12.8 Å². The molecule has 1 aromatic heterocycles. The summed E-state index contributed by atoms with van der Waals surface area (Å²) in [5.74, 6) is 1.75. The molecule has 3 rings (SSSR count). The molecule has 0 N–H and O–H groups in total. The van der Waals surface area contributed by atoms with E-state index in [9.17, 15) is 9.18 Å². The van der Waals surface area contributed by atoms with Crippen LogP contribution in [0.5, 0.6) is 0 Å². The molecule has 1 aliphatic rings. The normalized spacial score (nSPS) is 18.2. The second-order valence-corrected chi connectivity index (χ2v) is 6.74. The highest BCUT2D eigenvalue weighted by Gasteiger charge is 2.28. The molecule has 0 spiro atoms. The molecule has 0 radical (unpaired) electrons. The first-order valence-corrected chi connectivity index (χ1v) is 9.30. The maximum Gasteiger partial charge on any atom is 0.223 e. The van der Waals surface area contributed by atoms with Crippen LogP contribution in [0.2, 0.25) is 0 Å². The second-order valence-electron chi connectivity index (χ2n) is 6.74. The van der Waals surface area contributed by atoms with E-state index in [1.165, 1.54) is 12.1 Å². The van der Waals surface area contributed by atoms with Crippen molar-refractivity contribution in [1.82, 2.24) is 4.90 Å². The van der Waals surface area contributed by atoms with Crippen LogP contribution in [0.25, 0.3) is 0 Å². The van der Waals surface area contributed by atoms with Gasteiger partial charge in [-0.1, -0.05) is 31.9 Å². The van der Waals surface area contributed by atoms with E-state index >= 15 is 0 Å².